The van der Waals surface area contributed by atoms with Gasteiger partial charge in [-0.1, -0.05) is 88.3 Å². The van der Waals surface area contributed by atoms with Crippen molar-refractivity contribution in [1.29, 1.82) is 0 Å². The third-order valence-electron chi connectivity index (χ3n) is 14.7. The summed E-state index contributed by atoms with van der Waals surface area (Å²) in [5.74, 6) is 1.99. The number of piperidine rings is 2. The number of carbonyl (C=O) groups is 3. The predicted octanol–water partition coefficient (Wildman–Crippen LogP) is 9.79. The average molecular weight is 1020 g/mol. The second-order valence-corrected chi connectivity index (χ2v) is 24.0. The number of pyridine rings is 2. The summed E-state index contributed by atoms with van der Waals surface area (Å²) in [5, 5.41) is 17.5. The largest absolute Gasteiger partial charge is 0.444 e. The SMILES string of the molecule is Cc1cc(-c2ccncc2N2CC3CC(C2)N(C(=O)OC(C)(C)C)C3)ccc1CNC(=O)c1cc(C(C)(C)C)on1.Cc1cc(-c2ccncc2N2CC3CNC(C3)C2)ccc1CNC(=O)c1cc(C(C)(C)C)on1. The number of benzene rings is 2. The van der Waals surface area contributed by atoms with E-state index in [0.717, 1.165) is 84.8 Å². The fourth-order valence-electron chi connectivity index (χ4n) is 10.6. The van der Waals surface area contributed by atoms with Gasteiger partial charge in [0, 0.05) is 105 Å². The number of aromatic nitrogens is 4. The summed E-state index contributed by atoms with van der Waals surface area (Å²) < 4.78 is 16.4. The van der Waals surface area contributed by atoms with Gasteiger partial charge in [0.25, 0.3) is 11.8 Å². The van der Waals surface area contributed by atoms with E-state index in [1.807, 2.05) is 98.1 Å². The first-order valence-electron chi connectivity index (χ1n) is 26.4. The number of nitrogens with one attached hydrogen (secondary N) is 3. The van der Waals surface area contributed by atoms with E-state index in [9.17, 15) is 14.4 Å². The molecule has 0 aliphatic carbocycles. The first-order valence-corrected chi connectivity index (χ1v) is 26.4. The lowest BCUT2D eigenvalue weighted by Crippen LogP contribution is -2.45. The Hall–Kier alpha value is -7.07. The van der Waals surface area contributed by atoms with Crippen molar-refractivity contribution in [3.63, 3.8) is 0 Å². The third-order valence-corrected chi connectivity index (χ3v) is 14.7. The number of hydrogen-bond donors (Lipinski definition) is 3. The molecular formula is C59H74N10O6. The molecular weight excluding hydrogens is 945 g/mol. The van der Waals surface area contributed by atoms with Crippen LogP contribution in [-0.4, -0.2) is 100 Å². The van der Waals surface area contributed by atoms with Crippen molar-refractivity contribution in [2.24, 2.45) is 11.8 Å². The molecule has 16 nitrogen and oxygen atoms in total. The summed E-state index contributed by atoms with van der Waals surface area (Å²) in [6.45, 7) is 28.4. The molecule has 4 aliphatic heterocycles. The summed E-state index contributed by atoms with van der Waals surface area (Å²) in [6.07, 6.45) is 9.64. The lowest BCUT2D eigenvalue weighted by atomic mass is 9.93. The first kappa shape index (κ1) is 52.8. The molecule has 6 aromatic rings. The normalized spacial score (nSPS) is 19.4. The molecule has 75 heavy (non-hydrogen) atoms. The van der Waals surface area contributed by atoms with Crippen molar-refractivity contribution in [2.75, 3.05) is 49.1 Å². The van der Waals surface area contributed by atoms with Gasteiger partial charge in [-0.3, -0.25) is 19.6 Å². The maximum atomic E-state index is 12.9. The highest BCUT2D eigenvalue weighted by atomic mass is 16.6. The molecule has 16 heteroatoms. The molecule has 3 amide bonds. The van der Waals surface area contributed by atoms with Crippen molar-refractivity contribution in [3.05, 3.63) is 131 Å². The Morgan fingerprint density at radius 1 is 0.640 bits per heavy atom. The van der Waals surface area contributed by atoms with E-state index < -0.39 is 5.60 Å². The highest BCUT2D eigenvalue weighted by molar-refractivity contribution is 5.93. The number of amides is 3. The molecule has 4 atom stereocenters. The lowest BCUT2D eigenvalue weighted by molar-refractivity contribution is 0.0233. The van der Waals surface area contributed by atoms with Crippen LogP contribution >= 0.6 is 0 Å². The number of hydrogen-bond acceptors (Lipinski definition) is 13. The Labute approximate surface area is 441 Å². The van der Waals surface area contributed by atoms with Gasteiger partial charge in [-0.05, 0) is 105 Å². The van der Waals surface area contributed by atoms with Gasteiger partial charge in [0.2, 0.25) is 0 Å². The second kappa shape index (κ2) is 21.3. The lowest BCUT2D eigenvalue weighted by Gasteiger charge is -2.35. The smallest absolute Gasteiger partial charge is 0.410 e. The Bertz CT molecular complexity index is 3020. The minimum Gasteiger partial charge on any atom is -0.444 e. The van der Waals surface area contributed by atoms with Gasteiger partial charge in [0.15, 0.2) is 11.4 Å². The van der Waals surface area contributed by atoms with Crippen LogP contribution in [0.15, 0.2) is 94.5 Å². The van der Waals surface area contributed by atoms with Gasteiger partial charge in [-0.15, -0.1) is 0 Å². The third kappa shape index (κ3) is 12.4. The van der Waals surface area contributed by atoms with Crippen LogP contribution in [0.25, 0.3) is 22.3 Å². The standard InChI is InChI=1S/C32H41N5O4.C27H33N5O2/c1-20-12-22(8-9-23(20)15-34-29(38)26-14-28(41-35-26)31(2,3)4)25-10-11-33-16-27(25)36-17-21-13-24(19-36)37(18-21)30(39)40-32(5,6)7;1-17-9-19(22-7-8-28-14-24(22)32-15-18-10-21(16-32)29-12-18)5-6-20(17)13-30-26(33)23-11-25(34-31-23)27(2,3)4/h8-12,14,16,21,24H,13,15,17-19H2,1-7H3,(H,34,38);5-9,11,14,18,21,29H,10,12-13,15-16H2,1-4H3,(H,30,33). The van der Waals surface area contributed by atoms with Crippen LogP contribution in [-0.2, 0) is 28.7 Å². The zero-order chi connectivity index (χ0) is 53.4. The summed E-state index contributed by atoms with van der Waals surface area (Å²) in [4.78, 5) is 53.8. The van der Waals surface area contributed by atoms with Crippen LogP contribution < -0.4 is 25.8 Å². The number of aryl methyl sites for hydroxylation is 2. The van der Waals surface area contributed by atoms with E-state index in [0.29, 0.717) is 48.2 Å². The van der Waals surface area contributed by atoms with Crippen LogP contribution in [0.1, 0.15) is 130 Å². The summed E-state index contributed by atoms with van der Waals surface area (Å²) >= 11 is 0. The highest BCUT2D eigenvalue weighted by Gasteiger charge is 2.43. The molecule has 4 aromatic heterocycles. The van der Waals surface area contributed by atoms with Gasteiger partial charge in [0.1, 0.15) is 17.1 Å². The van der Waals surface area contributed by atoms with E-state index in [2.05, 4.69) is 102 Å². The van der Waals surface area contributed by atoms with E-state index in [1.54, 1.807) is 12.1 Å². The number of rotatable bonds is 10. The summed E-state index contributed by atoms with van der Waals surface area (Å²) in [6, 6.07) is 21.0. The van der Waals surface area contributed by atoms with Crippen molar-refractivity contribution in [2.45, 2.75) is 131 Å². The van der Waals surface area contributed by atoms with E-state index >= 15 is 0 Å². The molecule has 4 saturated heterocycles. The van der Waals surface area contributed by atoms with E-state index in [-0.39, 0.29) is 40.5 Å². The minimum absolute atomic E-state index is 0.119. The molecule has 2 aromatic carbocycles. The Kier molecular flexibility index (Phi) is 15.0. The molecule has 8 heterocycles. The first-order chi connectivity index (χ1) is 35.6. The zero-order valence-electron chi connectivity index (χ0n) is 45.5. The van der Waals surface area contributed by atoms with Crippen molar-refractivity contribution in [1.82, 2.24) is 41.1 Å². The maximum Gasteiger partial charge on any atom is 0.410 e. The molecule has 10 rings (SSSR count). The van der Waals surface area contributed by atoms with Crippen molar-refractivity contribution in [3.8, 4) is 22.3 Å². The molecule has 0 radical (unpaired) electrons. The van der Waals surface area contributed by atoms with Crippen LogP contribution in [0.2, 0.25) is 0 Å². The Morgan fingerprint density at radius 3 is 1.61 bits per heavy atom. The molecule has 4 bridgehead atoms. The van der Waals surface area contributed by atoms with Crippen LogP contribution in [0.5, 0.6) is 0 Å². The van der Waals surface area contributed by atoms with Gasteiger partial charge < -0.3 is 44.4 Å². The molecule has 3 N–H and O–H groups in total. The highest BCUT2D eigenvalue weighted by Crippen LogP contribution is 2.39. The molecule has 4 unspecified atom stereocenters. The van der Waals surface area contributed by atoms with Gasteiger partial charge in [-0.25, -0.2) is 4.79 Å². The number of carbonyl (C=O) groups excluding carboxylic acids is 3. The number of anilines is 2. The van der Waals surface area contributed by atoms with E-state index in [1.165, 1.54) is 23.2 Å². The summed E-state index contributed by atoms with van der Waals surface area (Å²) in [5.41, 5.74) is 10.8. The van der Waals surface area contributed by atoms with Crippen LogP contribution in [0, 0.1) is 25.7 Å². The number of fused-ring (bicyclic) bond motifs is 4. The molecule has 0 spiro atoms. The topological polar surface area (TPSA) is 184 Å². The van der Waals surface area contributed by atoms with Gasteiger partial charge in [-0.2, -0.15) is 0 Å². The summed E-state index contributed by atoms with van der Waals surface area (Å²) in [7, 11) is 0. The molecule has 4 fully saturated rings. The molecule has 396 valence electrons. The Morgan fingerprint density at radius 2 is 1.15 bits per heavy atom. The van der Waals surface area contributed by atoms with Crippen molar-refractivity contribution < 1.29 is 28.2 Å². The quantitative estimate of drug-likeness (QED) is 0.118. The zero-order valence-corrected chi connectivity index (χ0v) is 45.5. The van der Waals surface area contributed by atoms with Crippen LogP contribution in [0.3, 0.4) is 0 Å². The van der Waals surface area contributed by atoms with Gasteiger partial charge in [0.05, 0.1) is 29.8 Å². The second-order valence-electron chi connectivity index (χ2n) is 24.0. The van der Waals surface area contributed by atoms with Crippen LogP contribution in [0.4, 0.5) is 16.2 Å². The predicted molar refractivity (Wildman–Crippen MR) is 291 cm³/mol. The van der Waals surface area contributed by atoms with Crippen molar-refractivity contribution >= 4 is 29.3 Å². The fourth-order valence-corrected chi connectivity index (χ4v) is 10.6. The van der Waals surface area contributed by atoms with E-state index in [4.69, 9.17) is 13.8 Å². The molecule has 4 aliphatic rings. The minimum atomic E-state index is -0.511. The number of likely N-dealkylation sites (tertiary alicyclic amines) is 1. The maximum absolute atomic E-state index is 12.9. The fraction of sp³-hybridized carbons (Fsp3) is 0.475. The molecule has 0 saturated carbocycles. The Balaban J connectivity index is 0.000000187. The number of ether oxygens (including phenoxy) is 1. The van der Waals surface area contributed by atoms with Gasteiger partial charge >= 0.3 is 6.09 Å². The average Bonchev–Trinajstić information content (AvgIpc) is 4.20. The number of nitrogens with zero attached hydrogens (tertiary/aromatic N) is 7. The monoisotopic (exact) mass is 1020 g/mol.